The Bertz CT molecular complexity index is 1190. The van der Waals surface area contributed by atoms with Gasteiger partial charge in [-0.15, -0.1) is 0 Å². The molecule has 0 saturated heterocycles. The molecule has 0 fully saturated rings. The van der Waals surface area contributed by atoms with Crippen LogP contribution in [0.1, 0.15) is 0 Å². The number of halogens is 2. The highest BCUT2D eigenvalue weighted by Gasteiger charge is 2.17. The molecule has 7 heteroatoms. The molecule has 146 valence electrons. The molecule has 29 heavy (non-hydrogen) atoms. The lowest BCUT2D eigenvalue weighted by molar-refractivity contribution is -0.116. The molecule has 3 aromatic carbocycles. The first-order chi connectivity index (χ1) is 14.0. The van der Waals surface area contributed by atoms with Crippen LogP contribution in [0.15, 0.2) is 66.7 Å². The third kappa shape index (κ3) is 4.06. The van der Waals surface area contributed by atoms with Gasteiger partial charge in [-0.2, -0.15) is 0 Å². The number of ether oxygens (including phenoxy) is 1. The van der Waals surface area contributed by atoms with E-state index in [1.54, 1.807) is 43.5 Å². The first-order valence-electron chi connectivity index (χ1n) is 8.90. The summed E-state index contributed by atoms with van der Waals surface area (Å²) in [6.07, 6.45) is 0. The molecule has 1 aromatic heterocycles. The maximum absolute atomic E-state index is 12.8. The number of nitrogens with one attached hydrogen (secondary N) is 1. The van der Waals surface area contributed by atoms with Gasteiger partial charge in [0, 0.05) is 16.3 Å². The molecule has 0 aliphatic carbocycles. The fourth-order valence-corrected chi connectivity index (χ4v) is 3.62. The van der Waals surface area contributed by atoms with Crippen LogP contribution in [-0.4, -0.2) is 22.6 Å². The molecule has 0 unspecified atom stereocenters. The molecule has 0 saturated carbocycles. The summed E-state index contributed by atoms with van der Waals surface area (Å²) in [4.78, 5) is 17.5. The van der Waals surface area contributed by atoms with E-state index in [1.807, 2.05) is 34.9 Å². The molecule has 0 bridgehead atoms. The zero-order chi connectivity index (χ0) is 20.4. The van der Waals surface area contributed by atoms with E-state index in [2.05, 4.69) is 5.32 Å². The lowest BCUT2D eigenvalue weighted by atomic mass is 10.2. The Morgan fingerprint density at radius 3 is 2.55 bits per heavy atom. The summed E-state index contributed by atoms with van der Waals surface area (Å²) in [7, 11) is 1.60. The largest absolute Gasteiger partial charge is 0.497 e. The summed E-state index contributed by atoms with van der Waals surface area (Å²) >= 11 is 12.4. The Hall–Kier alpha value is -3.02. The molecule has 0 aliphatic heterocycles. The number of methoxy groups -OCH3 is 1. The van der Waals surface area contributed by atoms with Crippen LogP contribution < -0.4 is 10.1 Å². The van der Waals surface area contributed by atoms with Gasteiger partial charge in [-0.25, -0.2) is 4.98 Å². The molecule has 4 aromatic rings. The average Bonchev–Trinajstić information content (AvgIpc) is 3.06. The van der Waals surface area contributed by atoms with Crippen LogP contribution in [0, 0.1) is 0 Å². The number of benzene rings is 3. The topological polar surface area (TPSA) is 56.1 Å². The smallest absolute Gasteiger partial charge is 0.244 e. The molecule has 0 spiro atoms. The number of aromatic nitrogens is 2. The molecule has 1 heterocycles. The third-order valence-electron chi connectivity index (χ3n) is 4.50. The van der Waals surface area contributed by atoms with Crippen molar-refractivity contribution in [2.24, 2.45) is 0 Å². The van der Waals surface area contributed by atoms with Crippen LogP contribution >= 0.6 is 23.2 Å². The molecule has 5 nitrogen and oxygen atoms in total. The molecule has 1 N–H and O–H groups in total. The number of carbonyl (C=O) groups is 1. The number of hydrogen-bond acceptors (Lipinski definition) is 3. The van der Waals surface area contributed by atoms with Crippen LogP contribution in [-0.2, 0) is 11.3 Å². The number of anilines is 1. The van der Waals surface area contributed by atoms with Gasteiger partial charge < -0.3 is 14.6 Å². The van der Waals surface area contributed by atoms with Gasteiger partial charge >= 0.3 is 0 Å². The highest BCUT2D eigenvalue weighted by atomic mass is 35.5. The normalized spacial score (nSPS) is 10.9. The minimum absolute atomic E-state index is 0.0842. The van der Waals surface area contributed by atoms with Crippen molar-refractivity contribution in [3.05, 3.63) is 76.8 Å². The maximum Gasteiger partial charge on any atom is 0.244 e. The lowest BCUT2D eigenvalue weighted by Gasteiger charge is -2.11. The predicted octanol–water partition coefficient (Wildman–Crippen LogP) is 5.66. The van der Waals surface area contributed by atoms with Crippen molar-refractivity contribution in [3.63, 3.8) is 0 Å². The second kappa shape index (κ2) is 8.15. The molecular weight excluding hydrogens is 409 g/mol. The molecule has 4 rings (SSSR count). The van der Waals surface area contributed by atoms with Crippen LogP contribution in [0.25, 0.3) is 22.4 Å². The number of para-hydroxylation sites is 2. The van der Waals surface area contributed by atoms with E-state index in [0.29, 0.717) is 27.1 Å². The van der Waals surface area contributed by atoms with Crippen LogP contribution in [0.2, 0.25) is 10.0 Å². The van der Waals surface area contributed by atoms with Gasteiger partial charge in [-0.3, -0.25) is 4.79 Å². The summed E-state index contributed by atoms with van der Waals surface area (Å²) in [5.74, 6) is 1.16. The highest BCUT2D eigenvalue weighted by molar-refractivity contribution is 6.36. The van der Waals surface area contributed by atoms with E-state index in [0.717, 1.165) is 16.8 Å². The standard InChI is InChI=1S/C22H17Cl2N3O2/c1-29-16-9-7-15(8-10-16)25-21(28)13-27-20-5-3-2-4-19(20)26-22(27)17-11-6-14(23)12-18(17)24/h2-12H,13H2,1H3,(H,25,28). The van der Waals surface area contributed by atoms with Gasteiger partial charge in [0.25, 0.3) is 0 Å². The number of amides is 1. The summed E-state index contributed by atoms with van der Waals surface area (Å²) in [5, 5.41) is 3.92. The van der Waals surface area contributed by atoms with E-state index in [4.69, 9.17) is 32.9 Å². The second-order valence-electron chi connectivity index (χ2n) is 6.41. The molecule has 0 atom stereocenters. The van der Waals surface area contributed by atoms with E-state index >= 15 is 0 Å². The number of carbonyl (C=O) groups excluding carboxylic acids is 1. The van der Waals surface area contributed by atoms with Crippen LogP contribution in [0.4, 0.5) is 5.69 Å². The maximum atomic E-state index is 12.8. The van der Waals surface area contributed by atoms with Gasteiger partial charge in [0.2, 0.25) is 5.91 Å². The number of imidazole rings is 1. The van der Waals surface area contributed by atoms with Gasteiger partial charge in [-0.05, 0) is 54.6 Å². The monoisotopic (exact) mass is 425 g/mol. The molecular formula is C22H17Cl2N3O2. The zero-order valence-electron chi connectivity index (χ0n) is 15.5. The summed E-state index contributed by atoms with van der Waals surface area (Å²) in [5.41, 5.74) is 3.03. The lowest BCUT2D eigenvalue weighted by Crippen LogP contribution is -2.19. The van der Waals surface area contributed by atoms with Gasteiger partial charge in [-0.1, -0.05) is 35.3 Å². The minimum atomic E-state index is -0.176. The zero-order valence-corrected chi connectivity index (χ0v) is 17.0. The quantitative estimate of drug-likeness (QED) is 0.448. The Balaban J connectivity index is 1.69. The Labute approximate surface area is 177 Å². The van der Waals surface area contributed by atoms with E-state index in [9.17, 15) is 4.79 Å². The van der Waals surface area contributed by atoms with Gasteiger partial charge in [0.1, 0.15) is 18.1 Å². The summed E-state index contributed by atoms with van der Waals surface area (Å²) in [6, 6.07) is 20.0. The fraction of sp³-hybridized carbons (Fsp3) is 0.0909. The van der Waals surface area contributed by atoms with Crippen molar-refractivity contribution in [2.45, 2.75) is 6.54 Å². The van der Waals surface area contributed by atoms with Crippen molar-refractivity contribution in [3.8, 4) is 17.1 Å². The number of hydrogen-bond donors (Lipinski definition) is 1. The average molecular weight is 426 g/mol. The van der Waals surface area contributed by atoms with Crippen molar-refractivity contribution >= 4 is 45.8 Å². The van der Waals surface area contributed by atoms with Crippen molar-refractivity contribution in [1.82, 2.24) is 9.55 Å². The number of rotatable bonds is 5. The first-order valence-corrected chi connectivity index (χ1v) is 9.65. The molecule has 0 radical (unpaired) electrons. The molecule has 1 amide bonds. The van der Waals surface area contributed by atoms with E-state index < -0.39 is 0 Å². The Kier molecular flexibility index (Phi) is 5.43. The summed E-state index contributed by atoms with van der Waals surface area (Å²) in [6.45, 7) is 0.0842. The van der Waals surface area contributed by atoms with Gasteiger partial charge in [0.15, 0.2) is 0 Å². The number of fused-ring (bicyclic) bond motifs is 1. The fourth-order valence-electron chi connectivity index (χ4n) is 3.13. The predicted molar refractivity (Wildman–Crippen MR) is 117 cm³/mol. The van der Waals surface area contributed by atoms with Crippen LogP contribution in [0.5, 0.6) is 5.75 Å². The highest BCUT2D eigenvalue weighted by Crippen LogP contribution is 2.32. The Morgan fingerprint density at radius 2 is 1.83 bits per heavy atom. The van der Waals surface area contributed by atoms with E-state index in [1.165, 1.54) is 0 Å². The van der Waals surface area contributed by atoms with Crippen molar-refractivity contribution in [2.75, 3.05) is 12.4 Å². The van der Waals surface area contributed by atoms with E-state index in [-0.39, 0.29) is 12.5 Å². The van der Waals surface area contributed by atoms with Gasteiger partial charge in [0.05, 0.1) is 23.2 Å². The SMILES string of the molecule is COc1ccc(NC(=O)Cn2c(-c3ccc(Cl)cc3Cl)nc3ccccc32)cc1. The first kappa shape index (κ1) is 19.3. The third-order valence-corrected chi connectivity index (χ3v) is 5.05. The van der Waals surface area contributed by atoms with Crippen molar-refractivity contribution < 1.29 is 9.53 Å². The van der Waals surface area contributed by atoms with Crippen LogP contribution in [0.3, 0.4) is 0 Å². The second-order valence-corrected chi connectivity index (χ2v) is 7.25. The molecule has 0 aliphatic rings. The summed E-state index contributed by atoms with van der Waals surface area (Å²) < 4.78 is 7.00. The minimum Gasteiger partial charge on any atom is -0.497 e. The number of nitrogens with zero attached hydrogens (tertiary/aromatic N) is 2. The van der Waals surface area contributed by atoms with Crippen molar-refractivity contribution in [1.29, 1.82) is 0 Å². The Morgan fingerprint density at radius 1 is 1.07 bits per heavy atom.